The van der Waals surface area contributed by atoms with Crippen LogP contribution in [0.2, 0.25) is 0 Å². The van der Waals surface area contributed by atoms with Crippen LogP contribution in [0.3, 0.4) is 0 Å². The van der Waals surface area contributed by atoms with Crippen molar-refractivity contribution in [2.24, 2.45) is 0 Å². The summed E-state index contributed by atoms with van der Waals surface area (Å²) in [7, 11) is 1.83. The van der Waals surface area contributed by atoms with E-state index in [0.717, 1.165) is 17.9 Å². The Bertz CT molecular complexity index is 323. The molecule has 1 atom stereocenters. The maximum absolute atomic E-state index is 11.8. The van der Waals surface area contributed by atoms with E-state index >= 15 is 0 Å². The molecule has 2 rings (SSSR count). The number of nitrogens with one attached hydrogen (secondary N) is 1. The number of hydrogen-bond donors (Lipinski definition) is 1. The number of amides is 2. The topological polar surface area (TPSA) is 58.1 Å². The minimum Gasteiger partial charge on any atom is -0.324 e. The first kappa shape index (κ1) is 10.7. The normalized spacial score (nSPS) is 20.2. The van der Waals surface area contributed by atoms with Crippen LogP contribution in [0, 0.1) is 0 Å². The molecule has 0 aromatic carbocycles. The van der Waals surface area contributed by atoms with E-state index in [2.05, 4.69) is 14.9 Å². The third kappa shape index (κ3) is 2.60. The lowest BCUT2D eigenvalue weighted by Gasteiger charge is -2.23. The van der Waals surface area contributed by atoms with Crippen LogP contribution in [0.4, 0.5) is 9.80 Å². The molecular weight excluding hydrogens is 232 g/mol. The Morgan fingerprint density at radius 3 is 3.20 bits per heavy atom. The van der Waals surface area contributed by atoms with Gasteiger partial charge in [-0.05, 0) is 12.2 Å². The van der Waals surface area contributed by atoms with Crippen molar-refractivity contribution < 1.29 is 4.79 Å². The van der Waals surface area contributed by atoms with Crippen molar-refractivity contribution in [2.45, 2.75) is 12.5 Å². The first-order chi connectivity index (χ1) is 7.27. The van der Waals surface area contributed by atoms with Crippen LogP contribution in [0.25, 0.3) is 0 Å². The van der Waals surface area contributed by atoms with Crippen molar-refractivity contribution in [3.8, 4) is 0 Å². The van der Waals surface area contributed by atoms with Gasteiger partial charge in [-0.25, -0.2) is 4.79 Å². The Hall–Kier alpha value is -0.820. The van der Waals surface area contributed by atoms with Gasteiger partial charge in [-0.15, -0.1) is 5.10 Å². The third-order valence-corrected chi connectivity index (χ3v) is 4.09. The zero-order valence-electron chi connectivity index (χ0n) is 8.34. The third-order valence-electron chi connectivity index (χ3n) is 2.37. The predicted molar refractivity (Wildman–Crippen MR) is 62.4 cm³/mol. The molecule has 0 saturated carbocycles. The van der Waals surface area contributed by atoms with Gasteiger partial charge in [0.05, 0.1) is 6.20 Å². The Kier molecular flexibility index (Phi) is 3.42. The average molecular weight is 244 g/mol. The maximum Gasteiger partial charge on any atom is 0.322 e. The van der Waals surface area contributed by atoms with Crippen LogP contribution in [0.1, 0.15) is 6.42 Å². The lowest BCUT2D eigenvalue weighted by atomic mass is 10.2. The molecule has 7 heteroatoms. The fourth-order valence-electron chi connectivity index (χ4n) is 1.41. The monoisotopic (exact) mass is 244 g/mol. The van der Waals surface area contributed by atoms with Crippen molar-refractivity contribution in [1.82, 2.24) is 14.5 Å². The molecule has 1 aliphatic rings. The van der Waals surface area contributed by atoms with Crippen LogP contribution < -0.4 is 5.32 Å². The smallest absolute Gasteiger partial charge is 0.322 e. The molecule has 82 valence electrons. The van der Waals surface area contributed by atoms with E-state index in [1.165, 1.54) is 11.5 Å². The highest BCUT2D eigenvalue weighted by Gasteiger charge is 2.23. The van der Waals surface area contributed by atoms with Crippen molar-refractivity contribution in [1.29, 1.82) is 0 Å². The van der Waals surface area contributed by atoms with E-state index in [9.17, 15) is 4.79 Å². The second-order valence-corrected chi connectivity index (χ2v) is 5.28. The summed E-state index contributed by atoms with van der Waals surface area (Å²) >= 11 is 3.08. The molecular formula is C8H12N4OS2. The van der Waals surface area contributed by atoms with Gasteiger partial charge < -0.3 is 4.90 Å². The molecule has 15 heavy (non-hydrogen) atoms. The fourth-order valence-corrected chi connectivity index (χ4v) is 3.09. The highest BCUT2D eigenvalue weighted by molar-refractivity contribution is 7.99. The lowest BCUT2D eigenvalue weighted by Crippen LogP contribution is -2.39. The van der Waals surface area contributed by atoms with Gasteiger partial charge in [0, 0.05) is 30.4 Å². The number of hydrogen-bond acceptors (Lipinski definition) is 5. The Morgan fingerprint density at radius 2 is 2.60 bits per heavy atom. The standard InChI is InChI=1S/C8H12N4OS2/c1-12(6-2-3-14-5-6)8(13)10-7-4-9-11-15-7/h4,6H,2-3,5H2,1H3,(H,10,13)/t6-/m1/s1. The molecule has 1 aromatic heterocycles. The molecule has 2 amide bonds. The van der Waals surface area contributed by atoms with Crippen LogP contribution >= 0.6 is 23.3 Å². The number of rotatable bonds is 2. The van der Waals surface area contributed by atoms with Crippen molar-refractivity contribution in [3.05, 3.63) is 6.20 Å². The quantitative estimate of drug-likeness (QED) is 0.856. The van der Waals surface area contributed by atoms with E-state index in [-0.39, 0.29) is 6.03 Å². The van der Waals surface area contributed by atoms with Gasteiger partial charge in [0.2, 0.25) is 0 Å². The molecule has 1 aliphatic heterocycles. The molecule has 0 spiro atoms. The zero-order valence-corrected chi connectivity index (χ0v) is 9.98. The summed E-state index contributed by atoms with van der Waals surface area (Å²) in [5.74, 6) is 2.18. The Balaban J connectivity index is 1.89. The van der Waals surface area contributed by atoms with Gasteiger partial charge in [0.25, 0.3) is 0 Å². The van der Waals surface area contributed by atoms with Crippen molar-refractivity contribution >= 4 is 34.3 Å². The summed E-state index contributed by atoms with van der Waals surface area (Å²) in [6.07, 6.45) is 2.63. The predicted octanol–water partition coefficient (Wildman–Crippen LogP) is 1.51. The van der Waals surface area contributed by atoms with Crippen molar-refractivity contribution in [2.75, 3.05) is 23.9 Å². The second kappa shape index (κ2) is 4.80. The summed E-state index contributed by atoms with van der Waals surface area (Å²) in [6, 6.07) is 0.282. The molecule has 0 radical (unpaired) electrons. The number of carbonyl (C=O) groups is 1. The van der Waals surface area contributed by atoms with E-state index in [1.807, 2.05) is 18.8 Å². The summed E-state index contributed by atoms with van der Waals surface area (Å²) < 4.78 is 3.69. The SMILES string of the molecule is CN(C(=O)Nc1cnns1)[C@@H]1CCSC1. The zero-order chi connectivity index (χ0) is 10.7. The minimum absolute atomic E-state index is 0.0754. The largest absolute Gasteiger partial charge is 0.324 e. The van der Waals surface area contributed by atoms with Crippen LogP contribution in [0.15, 0.2) is 6.20 Å². The fraction of sp³-hybridized carbons (Fsp3) is 0.625. The van der Waals surface area contributed by atoms with Gasteiger partial charge in [0.1, 0.15) is 5.00 Å². The summed E-state index contributed by atoms with van der Waals surface area (Å²) in [5.41, 5.74) is 0. The second-order valence-electron chi connectivity index (χ2n) is 3.34. The van der Waals surface area contributed by atoms with Gasteiger partial charge in [-0.2, -0.15) is 11.8 Å². The lowest BCUT2D eigenvalue weighted by molar-refractivity contribution is 0.209. The van der Waals surface area contributed by atoms with Gasteiger partial charge >= 0.3 is 6.03 Å². The highest BCUT2D eigenvalue weighted by Crippen LogP contribution is 2.22. The van der Waals surface area contributed by atoms with Gasteiger partial charge in [-0.1, -0.05) is 4.49 Å². The molecule has 5 nitrogen and oxygen atoms in total. The number of nitrogens with zero attached hydrogens (tertiary/aromatic N) is 3. The Morgan fingerprint density at radius 1 is 1.73 bits per heavy atom. The number of carbonyl (C=O) groups excluding carboxylic acids is 1. The molecule has 0 bridgehead atoms. The minimum atomic E-state index is -0.0754. The van der Waals surface area contributed by atoms with E-state index in [1.54, 1.807) is 11.1 Å². The van der Waals surface area contributed by atoms with Crippen molar-refractivity contribution in [3.63, 3.8) is 0 Å². The number of urea groups is 1. The summed E-state index contributed by atoms with van der Waals surface area (Å²) in [6.45, 7) is 0. The van der Waals surface area contributed by atoms with Gasteiger partial charge in [-0.3, -0.25) is 5.32 Å². The molecule has 2 heterocycles. The molecule has 0 aliphatic carbocycles. The molecule has 1 N–H and O–H groups in total. The number of aromatic nitrogens is 2. The van der Waals surface area contributed by atoms with E-state index < -0.39 is 0 Å². The summed E-state index contributed by atoms with van der Waals surface area (Å²) in [5, 5.41) is 7.13. The van der Waals surface area contributed by atoms with Crippen LogP contribution in [0.5, 0.6) is 0 Å². The molecule has 1 fully saturated rings. The first-order valence-electron chi connectivity index (χ1n) is 4.66. The van der Waals surface area contributed by atoms with Crippen LogP contribution in [-0.4, -0.2) is 45.1 Å². The average Bonchev–Trinajstić information content (AvgIpc) is 2.88. The van der Waals surface area contributed by atoms with Crippen LogP contribution in [-0.2, 0) is 0 Å². The highest BCUT2D eigenvalue weighted by atomic mass is 32.2. The van der Waals surface area contributed by atoms with E-state index in [4.69, 9.17) is 0 Å². The number of anilines is 1. The van der Waals surface area contributed by atoms with E-state index in [0.29, 0.717) is 11.0 Å². The van der Waals surface area contributed by atoms with Gasteiger partial charge in [0.15, 0.2) is 0 Å². The molecule has 0 unspecified atom stereocenters. The Labute approximate surface area is 96.4 Å². The molecule has 1 aromatic rings. The summed E-state index contributed by atoms with van der Waals surface area (Å²) in [4.78, 5) is 13.5. The maximum atomic E-state index is 11.8. The number of thioether (sulfide) groups is 1. The molecule has 1 saturated heterocycles. The first-order valence-corrected chi connectivity index (χ1v) is 6.59.